The third kappa shape index (κ3) is 4.19. The summed E-state index contributed by atoms with van der Waals surface area (Å²) in [5.74, 6) is -0.862. The number of hydrogen-bond acceptors (Lipinski definition) is 6. The number of nitrogens with one attached hydrogen (secondary N) is 1. The molecule has 0 aliphatic heterocycles. The number of amides is 1. The van der Waals surface area contributed by atoms with E-state index < -0.39 is 5.91 Å². The van der Waals surface area contributed by atoms with Crippen molar-refractivity contribution < 1.29 is 19.4 Å². The van der Waals surface area contributed by atoms with Gasteiger partial charge in [0.25, 0.3) is 5.91 Å². The van der Waals surface area contributed by atoms with Crippen LogP contribution in [0.1, 0.15) is 23.0 Å². The van der Waals surface area contributed by atoms with Crippen LogP contribution in [-0.2, 0) is 16.0 Å². The van der Waals surface area contributed by atoms with E-state index in [4.69, 9.17) is 16.3 Å². The van der Waals surface area contributed by atoms with Crippen LogP contribution in [0.3, 0.4) is 0 Å². The number of rotatable bonds is 5. The molecule has 1 aromatic heterocycles. The van der Waals surface area contributed by atoms with Gasteiger partial charge in [-0.2, -0.15) is 0 Å². The molecule has 0 unspecified atom stereocenters. The van der Waals surface area contributed by atoms with Gasteiger partial charge in [-0.25, -0.2) is 4.98 Å². The summed E-state index contributed by atoms with van der Waals surface area (Å²) < 4.78 is 4.83. The molecule has 2 aromatic rings. The topological polar surface area (TPSA) is 88.5 Å². The van der Waals surface area contributed by atoms with Gasteiger partial charge in [0, 0.05) is 10.9 Å². The average Bonchev–Trinajstić information content (AvgIpc) is 2.89. The van der Waals surface area contributed by atoms with Crippen LogP contribution in [0.2, 0.25) is 5.02 Å². The highest BCUT2D eigenvalue weighted by atomic mass is 35.5. The number of thiazole rings is 1. The van der Waals surface area contributed by atoms with E-state index >= 15 is 0 Å². The Hall–Kier alpha value is -2.12. The Labute approximate surface area is 135 Å². The monoisotopic (exact) mass is 340 g/mol. The number of hydrogen-bond donors (Lipinski definition) is 2. The molecular weight excluding hydrogens is 328 g/mol. The highest BCUT2D eigenvalue weighted by Gasteiger charge is 2.12. The van der Waals surface area contributed by atoms with Crippen LogP contribution in [0.5, 0.6) is 5.75 Å². The van der Waals surface area contributed by atoms with Crippen molar-refractivity contribution in [3.63, 3.8) is 0 Å². The molecule has 0 aliphatic rings. The largest absolute Gasteiger partial charge is 0.506 e. The minimum atomic E-state index is -0.404. The number of esters is 1. The summed E-state index contributed by atoms with van der Waals surface area (Å²) in [5.41, 5.74) is 0.826. The normalized spacial score (nSPS) is 10.3. The fraction of sp³-hybridized carbons (Fsp3) is 0.214. The molecule has 0 saturated heterocycles. The zero-order valence-corrected chi connectivity index (χ0v) is 13.2. The van der Waals surface area contributed by atoms with Crippen LogP contribution in [-0.4, -0.2) is 28.6 Å². The molecule has 0 radical (unpaired) electrons. The Morgan fingerprint density at radius 2 is 2.23 bits per heavy atom. The van der Waals surface area contributed by atoms with Crippen LogP contribution in [0, 0.1) is 0 Å². The van der Waals surface area contributed by atoms with Crippen molar-refractivity contribution in [3.05, 3.63) is 39.9 Å². The van der Waals surface area contributed by atoms with Gasteiger partial charge in [0.1, 0.15) is 5.75 Å². The van der Waals surface area contributed by atoms with Crippen LogP contribution in [0.15, 0.2) is 23.6 Å². The van der Waals surface area contributed by atoms with Crippen LogP contribution in [0.4, 0.5) is 5.13 Å². The third-order valence-corrected chi connectivity index (χ3v) is 3.72. The zero-order valence-electron chi connectivity index (χ0n) is 11.6. The molecule has 22 heavy (non-hydrogen) atoms. The van der Waals surface area contributed by atoms with Gasteiger partial charge in [0.05, 0.1) is 23.7 Å². The average molecular weight is 341 g/mol. The Bertz CT molecular complexity index is 702. The summed E-state index contributed by atoms with van der Waals surface area (Å²) in [4.78, 5) is 27.5. The van der Waals surface area contributed by atoms with E-state index in [1.807, 2.05) is 0 Å². The fourth-order valence-electron chi connectivity index (χ4n) is 1.62. The maximum Gasteiger partial charge on any atom is 0.311 e. The van der Waals surface area contributed by atoms with E-state index in [0.717, 1.165) is 0 Å². The summed E-state index contributed by atoms with van der Waals surface area (Å²) in [6.07, 6.45) is 0.0608. The van der Waals surface area contributed by atoms with E-state index in [9.17, 15) is 14.7 Å². The van der Waals surface area contributed by atoms with Crippen LogP contribution in [0.25, 0.3) is 0 Å². The number of carbonyl (C=O) groups excluding carboxylic acids is 2. The summed E-state index contributed by atoms with van der Waals surface area (Å²) in [6.45, 7) is 2.04. The number of phenols is 1. The quantitative estimate of drug-likeness (QED) is 0.817. The molecule has 2 rings (SSSR count). The summed E-state index contributed by atoms with van der Waals surface area (Å²) >= 11 is 6.96. The third-order valence-electron chi connectivity index (χ3n) is 2.61. The zero-order chi connectivity index (χ0) is 16.1. The first kappa shape index (κ1) is 16.3. The second-order valence-electron chi connectivity index (χ2n) is 4.25. The Morgan fingerprint density at radius 1 is 1.45 bits per heavy atom. The van der Waals surface area contributed by atoms with E-state index in [1.54, 1.807) is 12.3 Å². The minimum absolute atomic E-state index is 0.0608. The molecule has 2 N–H and O–H groups in total. The molecule has 116 valence electrons. The number of nitrogens with zero attached hydrogens (tertiary/aromatic N) is 1. The highest BCUT2D eigenvalue weighted by molar-refractivity contribution is 7.14. The predicted octanol–water partition coefficient (Wildman–Crippen LogP) is 2.86. The van der Waals surface area contributed by atoms with Gasteiger partial charge in [0.15, 0.2) is 5.13 Å². The first-order valence-corrected chi connectivity index (χ1v) is 7.65. The number of ether oxygens (including phenoxy) is 1. The summed E-state index contributed by atoms with van der Waals surface area (Å²) in [5, 5.41) is 14.1. The number of anilines is 1. The number of halogens is 1. The van der Waals surface area contributed by atoms with E-state index in [1.165, 1.54) is 29.5 Å². The fourth-order valence-corrected chi connectivity index (χ4v) is 2.51. The number of phenolic OH excluding ortho intramolecular Hbond substituents is 1. The van der Waals surface area contributed by atoms with Crippen molar-refractivity contribution in [3.8, 4) is 5.75 Å². The second-order valence-corrected chi connectivity index (χ2v) is 5.51. The van der Waals surface area contributed by atoms with Crippen molar-refractivity contribution in [1.29, 1.82) is 0 Å². The Balaban J connectivity index is 2.01. The van der Waals surface area contributed by atoms with Gasteiger partial charge in [-0.15, -0.1) is 11.3 Å². The van der Waals surface area contributed by atoms with Crippen molar-refractivity contribution in [1.82, 2.24) is 4.98 Å². The number of carbonyl (C=O) groups is 2. The van der Waals surface area contributed by atoms with Gasteiger partial charge in [-0.05, 0) is 25.1 Å². The molecule has 1 heterocycles. The lowest BCUT2D eigenvalue weighted by molar-refractivity contribution is -0.142. The van der Waals surface area contributed by atoms with Gasteiger partial charge >= 0.3 is 5.97 Å². The highest BCUT2D eigenvalue weighted by Crippen LogP contribution is 2.24. The van der Waals surface area contributed by atoms with Crippen LogP contribution >= 0.6 is 22.9 Å². The second kappa shape index (κ2) is 7.24. The van der Waals surface area contributed by atoms with Crippen LogP contribution < -0.4 is 5.32 Å². The number of benzene rings is 1. The Kier molecular flexibility index (Phi) is 5.35. The minimum Gasteiger partial charge on any atom is -0.506 e. The molecule has 1 amide bonds. The summed E-state index contributed by atoms with van der Waals surface area (Å²) in [7, 11) is 0. The van der Waals surface area contributed by atoms with Gasteiger partial charge in [-0.1, -0.05) is 11.6 Å². The van der Waals surface area contributed by atoms with Crippen molar-refractivity contribution in [2.75, 3.05) is 11.9 Å². The Morgan fingerprint density at radius 3 is 2.91 bits per heavy atom. The van der Waals surface area contributed by atoms with E-state index in [2.05, 4.69) is 10.3 Å². The lowest BCUT2D eigenvalue weighted by atomic mass is 10.2. The molecular formula is C14H13ClN2O4S. The van der Waals surface area contributed by atoms with Crippen molar-refractivity contribution in [2.45, 2.75) is 13.3 Å². The van der Waals surface area contributed by atoms with E-state index in [0.29, 0.717) is 23.0 Å². The lowest BCUT2D eigenvalue weighted by Crippen LogP contribution is -2.12. The maximum absolute atomic E-state index is 12.0. The van der Waals surface area contributed by atoms with E-state index in [-0.39, 0.29) is 23.2 Å². The van der Waals surface area contributed by atoms with Gasteiger partial charge < -0.3 is 9.84 Å². The maximum atomic E-state index is 12.0. The standard InChI is InChI=1S/C14H13ClN2O4S/c1-2-21-12(19)6-9-7-22-14(16-9)17-13(20)8-3-4-11(18)10(15)5-8/h3-5,7,18H,2,6H2,1H3,(H,16,17,20). The SMILES string of the molecule is CCOC(=O)Cc1csc(NC(=O)c2ccc(O)c(Cl)c2)n1. The molecule has 0 fully saturated rings. The first-order valence-electron chi connectivity index (χ1n) is 6.39. The molecule has 0 atom stereocenters. The van der Waals surface area contributed by atoms with Gasteiger partial charge in [-0.3, -0.25) is 14.9 Å². The molecule has 0 saturated carbocycles. The number of aromatic nitrogens is 1. The molecule has 6 nitrogen and oxygen atoms in total. The van der Waals surface area contributed by atoms with Crippen molar-refractivity contribution in [2.24, 2.45) is 0 Å². The van der Waals surface area contributed by atoms with Crippen molar-refractivity contribution >= 4 is 39.9 Å². The molecule has 0 aliphatic carbocycles. The molecule has 0 spiro atoms. The molecule has 8 heteroatoms. The lowest BCUT2D eigenvalue weighted by Gasteiger charge is -2.03. The number of aromatic hydroxyl groups is 1. The first-order chi connectivity index (χ1) is 10.5. The molecule has 1 aromatic carbocycles. The predicted molar refractivity (Wildman–Crippen MR) is 83.5 cm³/mol. The molecule has 0 bridgehead atoms. The summed E-state index contributed by atoms with van der Waals surface area (Å²) in [6, 6.07) is 4.15. The smallest absolute Gasteiger partial charge is 0.311 e. The van der Waals surface area contributed by atoms with Gasteiger partial charge in [0.2, 0.25) is 0 Å².